The van der Waals surface area contributed by atoms with Crippen LogP contribution in [0, 0.1) is 0 Å². The number of nitrogens with one attached hydrogen (secondary N) is 2. The summed E-state index contributed by atoms with van der Waals surface area (Å²) in [5, 5.41) is 5.07. The van der Waals surface area contributed by atoms with Crippen molar-refractivity contribution in [1.29, 1.82) is 0 Å². The van der Waals surface area contributed by atoms with Crippen LogP contribution in [0.2, 0.25) is 0 Å². The van der Waals surface area contributed by atoms with Crippen LogP contribution >= 0.6 is 0 Å². The van der Waals surface area contributed by atoms with Gasteiger partial charge in [-0.15, -0.1) is 0 Å². The molecule has 1 aromatic carbocycles. The SMILES string of the molecule is CC(=O)Nc1cc(NC(C)=O)cc(C(=O)OC2CC(C)OC2=O)c1. The second-order valence-corrected chi connectivity index (χ2v) is 5.54. The topological polar surface area (TPSA) is 111 Å². The first kappa shape index (κ1) is 17.5. The van der Waals surface area contributed by atoms with Crippen molar-refractivity contribution < 1.29 is 28.7 Å². The first-order chi connectivity index (χ1) is 11.2. The Hall–Kier alpha value is -2.90. The van der Waals surface area contributed by atoms with Crippen molar-refractivity contribution in [3.05, 3.63) is 23.8 Å². The predicted molar refractivity (Wildman–Crippen MR) is 84.4 cm³/mol. The van der Waals surface area contributed by atoms with Crippen LogP contribution in [0.15, 0.2) is 18.2 Å². The molecule has 2 unspecified atom stereocenters. The minimum absolute atomic E-state index is 0.0948. The Morgan fingerprint density at radius 3 is 2.04 bits per heavy atom. The van der Waals surface area contributed by atoms with E-state index in [1.165, 1.54) is 32.0 Å². The number of hydrogen-bond donors (Lipinski definition) is 2. The van der Waals surface area contributed by atoms with Crippen molar-refractivity contribution in [2.75, 3.05) is 10.6 Å². The Labute approximate surface area is 138 Å². The quantitative estimate of drug-likeness (QED) is 0.807. The van der Waals surface area contributed by atoms with Crippen molar-refractivity contribution >= 4 is 35.1 Å². The zero-order chi connectivity index (χ0) is 17.9. The molecule has 24 heavy (non-hydrogen) atoms. The number of benzene rings is 1. The monoisotopic (exact) mass is 334 g/mol. The maximum Gasteiger partial charge on any atom is 0.347 e. The van der Waals surface area contributed by atoms with Gasteiger partial charge in [0.25, 0.3) is 0 Å². The number of rotatable bonds is 4. The molecule has 1 aliphatic heterocycles. The van der Waals surface area contributed by atoms with Gasteiger partial charge in [0.2, 0.25) is 17.9 Å². The first-order valence-electron chi connectivity index (χ1n) is 7.36. The van der Waals surface area contributed by atoms with Gasteiger partial charge in [0.05, 0.1) is 5.56 Å². The summed E-state index contributed by atoms with van der Waals surface area (Å²) in [6.07, 6.45) is -0.980. The lowest BCUT2D eigenvalue weighted by molar-refractivity contribution is -0.147. The average Bonchev–Trinajstić information content (AvgIpc) is 2.74. The lowest BCUT2D eigenvalue weighted by atomic mass is 10.1. The molecule has 0 aliphatic carbocycles. The summed E-state index contributed by atoms with van der Waals surface area (Å²) in [6, 6.07) is 4.31. The normalized spacial score (nSPS) is 19.4. The fraction of sp³-hybridized carbons (Fsp3) is 0.375. The highest BCUT2D eigenvalue weighted by atomic mass is 16.6. The molecule has 0 radical (unpaired) electrons. The minimum atomic E-state index is -0.957. The van der Waals surface area contributed by atoms with Crippen LogP contribution in [-0.2, 0) is 23.9 Å². The first-order valence-corrected chi connectivity index (χ1v) is 7.36. The third kappa shape index (κ3) is 4.55. The maximum atomic E-state index is 12.3. The van der Waals surface area contributed by atoms with Crippen molar-refractivity contribution in [2.24, 2.45) is 0 Å². The van der Waals surface area contributed by atoms with Crippen LogP contribution in [-0.4, -0.2) is 36.0 Å². The van der Waals surface area contributed by atoms with Crippen molar-refractivity contribution in [1.82, 2.24) is 0 Å². The van der Waals surface area contributed by atoms with E-state index >= 15 is 0 Å². The van der Waals surface area contributed by atoms with Gasteiger partial charge < -0.3 is 20.1 Å². The molecule has 1 saturated heterocycles. The molecule has 1 heterocycles. The van der Waals surface area contributed by atoms with Crippen LogP contribution in [0.1, 0.15) is 37.6 Å². The van der Waals surface area contributed by atoms with Gasteiger partial charge in [0.15, 0.2) is 0 Å². The largest absolute Gasteiger partial charge is 0.460 e. The van der Waals surface area contributed by atoms with E-state index in [0.29, 0.717) is 11.4 Å². The lowest BCUT2D eigenvalue weighted by Crippen LogP contribution is -2.23. The molecule has 2 N–H and O–H groups in total. The number of carbonyl (C=O) groups is 4. The molecule has 2 rings (SSSR count). The summed E-state index contributed by atoms with van der Waals surface area (Å²) in [4.78, 5) is 46.3. The van der Waals surface area contributed by atoms with E-state index in [1.54, 1.807) is 6.92 Å². The summed E-state index contributed by atoms with van der Waals surface area (Å²) >= 11 is 0. The lowest BCUT2D eigenvalue weighted by Gasteiger charge is -2.12. The molecule has 0 aromatic heterocycles. The molecular weight excluding hydrogens is 316 g/mol. The van der Waals surface area contributed by atoms with Crippen LogP contribution < -0.4 is 10.6 Å². The third-order valence-corrected chi connectivity index (χ3v) is 3.18. The Morgan fingerprint density at radius 2 is 1.62 bits per heavy atom. The van der Waals surface area contributed by atoms with E-state index in [1.807, 2.05) is 0 Å². The number of hydrogen-bond acceptors (Lipinski definition) is 6. The third-order valence-electron chi connectivity index (χ3n) is 3.18. The van der Waals surface area contributed by atoms with Crippen molar-refractivity contribution in [3.63, 3.8) is 0 Å². The molecule has 8 nitrogen and oxygen atoms in total. The number of carbonyl (C=O) groups excluding carboxylic acids is 4. The highest BCUT2D eigenvalue weighted by molar-refractivity contribution is 5.98. The van der Waals surface area contributed by atoms with Gasteiger partial charge >= 0.3 is 11.9 Å². The molecule has 2 atom stereocenters. The molecule has 0 spiro atoms. The van der Waals surface area contributed by atoms with Crippen LogP contribution in [0.3, 0.4) is 0 Å². The number of esters is 2. The zero-order valence-corrected chi connectivity index (χ0v) is 13.5. The second-order valence-electron chi connectivity index (χ2n) is 5.54. The van der Waals surface area contributed by atoms with Crippen molar-refractivity contribution in [2.45, 2.75) is 39.4 Å². The fourth-order valence-corrected chi connectivity index (χ4v) is 2.31. The molecule has 0 bridgehead atoms. The number of anilines is 2. The van der Waals surface area contributed by atoms with E-state index in [0.717, 1.165) is 0 Å². The standard InChI is InChI=1S/C16H18N2O6/c1-8-4-14(16(22)23-8)24-15(21)11-5-12(17-9(2)19)7-13(6-11)18-10(3)20/h5-8,14H,4H2,1-3H3,(H,17,19)(H,18,20). The van der Waals surface area contributed by atoms with E-state index < -0.39 is 18.0 Å². The number of ether oxygens (including phenoxy) is 2. The summed E-state index contributed by atoms with van der Waals surface area (Å²) in [5.74, 6) is -1.99. The molecule has 1 aromatic rings. The van der Waals surface area contributed by atoms with Gasteiger partial charge in [0.1, 0.15) is 6.10 Å². The molecule has 0 saturated carbocycles. The molecular formula is C16H18N2O6. The van der Waals surface area contributed by atoms with Gasteiger partial charge in [-0.25, -0.2) is 9.59 Å². The van der Waals surface area contributed by atoms with Gasteiger partial charge in [-0.05, 0) is 25.1 Å². The maximum absolute atomic E-state index is 12.3. The molecule has 8 heteroatoms. The van der Waals surface area contributed by atoms with Crippen molar-refractivity contribution in [3.8, 4) is 0 Å². The Kier molecular flexibility index (Phi) is 5.18. The summed E-state index contributed by atoms with van der Waals surface area (Å²) < 4.78 is 10.1. The van der Waals surface area contributed by atoms with Gasteiger partial charge in [-0.3, -0.25) is 9.59 Å². The second kappa shape index (κ2) is 7.12. The molecule has 1 fully saturated rings. The van der Waals surface area contributed by atoms with Crippen LogP contribution in [0.25, 0.3) is 0 Å². The zero-order valence-electron chi connectivity index (χ0n) is 13.5. The van der Waals surface area contributed by atoms with Gasteiger partial charge in [0, 0.05) is 31.6 Å². The average molecular weight is 334 g/mol. The highest BCUT2D eigenvalue weighted by Gasteiger charge is 2.35. The highest BCUT2D eigenvalue weighted by Crippen LogP contribution is 2.23. The Balaban J connectivity index is 2.23. The summed E-state index contributed by atoms with van der Waals surface area (Å²) in [5.41, 5.74) is 0.739. The summed E-state index contributed by atoms with van der Waals surface area (Å²) in [6.45, 7) is 4.34. The van der Waals surface area contributed by atoms with Crippen LogP contribution in [0.5, 0.6) is 0 Å². The fourth-order valence-electron chi connectivity index (χ4n) is 2.31. The minimum Gasteiger partial charge on any atom is -0.460 e. The Morgan fingerprint density at radius 1 is 1.08 bits per heavy atom. The van der Waals surface area contributed by atoms with E-state index in [2.05, 4.69) is 10.6 Å². The van der Waals surface area contributed by atoms with E-state index in [-0.39, 0.29) is 29.9 Å². The van der Waals surface area contributed by atoms with Crippen LogP contribution in [0.4, 0.5) is 11.4 Å². The predicted octanol–water partition coefficient (Wildman–Crippen LogP) is 1.46. The smallest absolute Gasteiger partial charge is 0.347 e. The Bertz CT molecular complexity index is 666. The van der Waals surface area contributed by atoms with Gasteiger partial charge in [-0.1, -0.05) is 0 Å². The van der Waals surface area contributed by atoms with E-state index in [9.17, 15) is 19.2 Å². The molecule has 128 valence electrons. The number of amides is 2. The summed E-state index contributed by atoms with van der Waals surface area (Å²) in [7, 11) is 0. The van der Waals surface area contributed by atoms with Gasteiger partial charge in [-0.2, -0.15) is 0 Å². The number of cyclic esters (lactones) is 1. The molecule has 2 amide bonds. The van der Waals surface area contributed by atoms with E-state index in [4.69, 9.17) is 9.47 Å². The molecule has 1 aliphatic rings.